The van der Waals surface area contributed by atoms with Crippen LogP contribution in [0.3, 0.4) is 0 Å². The number of carbonyl (C=O) groups excluding carboxylic acids is 1. The van der Waals surface area contributed by atoms with Crippen LogP contribution < -0.4 is 4.74 Å². The third-order valence-corrected chi connectivity index (χ3v) is 2.67. The van der Waals surface area contributed by atoms with Crippen LogP contribution in [0.25, 0.3) is 0 Å². The standard InChI is InChI=1S/C14H19FN2O4/c1-16(2)7-8-17(9-14(19)20)13(18)10-21-12-5-3-11(15)4-6-12/h3-6H,7-10H2,1-2H3,(H,19,20). The van der Waals surface area contributed by atoms with Crippen LogP contribution >= 0.6 is 0 Å². The number of nitrogens with zero attached hydrogens (tertiary/aromatic N) is 2. The highest BCUT2D eigenvalue weighted by Gasteiger charge is 2.17. The molecule has 0 aromatic heterocycles. The van der Waals surface area contributed by atoms with Crippen LogP contribution in [0.15, 0.2) is 24.3 Å². The van der Waals surface area contributed by atoms with Crippen molar-refractivity contribution in [1.82, 2.24) is 9.80 Å². The first-order valence-electron chi connectivity index (χ1n) is 6.41. The molecule has 0 atom stereocenters. The number of amides is 1. The summed E-state index contributed by atoms with van der Waals surface area (Å²) in [6, 6.07) is 5.26. The minimum absolute atomic E-state index is 0.285. The fraction of sp³-hybridized carbons (Fsp3) is 0.429. The summed E-state index contributed by atoms with van der Waals surface area (Å²) in [4.78, 5) is 25.8. The van der Waals surface area contributed by atoms with Crippen molar-refractivity contribution in [3.63, 3.8) is 0 Å². The smallest absolute Gasteiger partial charge is 0.323 e. The van der Waals surface area contributed by atoms with Gasteiger partial charge in [-0.15, -0.1) is 0 Å². The molecule has 116 valence electrons. The first-order chi connectivity index (χ1) is 9.88. The topological polar surface area (TPSA) is 70.1 Å². The summed E-state index contributed by atoms with van der Waals surface area (Å²) >= 11 is 0. The molecule has 1 amide bonds. The van der Waals surface area contributed by atoms with Crippen LogP contribution in [0, 0.1) is 5.82 Å². The van der Waals surface area contributed by atoms with Gasteiger partial charge in [-0.3, -0.25) is 9.59 Å². The number of halogens is 1. The number of ether oxygens (including phenoxy) is 1. The quantitative estimate of drug-likeness (QED) is 0.764. The average Bonchev–Trinajstić information content (AvgIpc) is 2.42. The van der Waals surface area contributed by atoms with Gasteiger partial charge in [0.05, 0.1) is 0 Å². The molecule has 0 saturated carbocycles. The van der Waals surface area contributed by atoms with E-state index in [1.54, 1.807) is 0 Å². The number of carboxylic acid groups (broad SMARTS) is 1. The van der Waals surface area contributed by atoms with Gasteiger partial charge in [-0.25, -0.2) is 4.39 Å². The number of carboxylic acids is 1. The average molecular weight is 298 g/mol. The highest BCUT2D eigenvalue weighted by Crippen LogP contribution is 2.11. The fourth-order valence-electron chi connectivity index (χ4n) is 1.54. The number of benzene rings is 1. The lowest BCUT2D eigenvalue weighted by Crippen LogP contribution is -2.42. The Kier molecular flexibility index (Phi) is 6.61. The molecule has 0 saturated heterocycles. The zero-order valence-corrected chi connectivity index (χ0v) is 12.1. The minimum Gasteiger partial charge on any atom is -0.484 e. The van der Waals surface area contributed by atoms with Gasteiger partial charge >= 0.3 is 5.97 Å². The van der Waals surface area contributed by atoms with Gasteiger partial charge in [-0.1, -0.05) is 0 Å². The number of carbonyl (C=O) groups is 2. The summed E-state index contributed by atoms with van der Waals surface area (Å²) in [6.45, 7) is 0.187. The monoisotopic (exact) mass is 298 g/mol. The van der Waals surface area contributed by atoms with Gasteiger partial charge in [0.2, 0.25) is 0 Å². The van der Waals surface area contributed by atoms with Crippen LogP contribution in [0.4, 0.5) is 4.39 Å². The fourth-order valence-corrected chi connectivity index (χ4v) is 1.54. The van der Waals surface area contributed by atoms with Crippen molar-refractivity contribution in [2.45, 2.75) is 0 Å². The summed E-state index contributed by atoms with van der Waals surface area (Å²) in [5, 5.41) is 8.82. The maximum Gasteiger partial charge on any atom is 0.323 e. The molecule has 6 nitrogen and oxygen atoms in total. The molecule has 0 radical (unpaired) electrons. The van der Waals surface area contributed by atoms with Crippen molar-refractivity contribution >= 4 is 11.9 Å². The zero-order chi connectivity index (χ0) is 15.8. The predicted molar refractivity (Wildman–Crippen MR) is 74.7 cm³/mol. The second-order valence-corrected chi connectivity index (χ2v) is 4.75. The van der Waals surface area contributed by atoms with Gasteiger partial charge in [0, 0.05) is 13.1 Å². The van der Waals surface area contributed by atoms with E-state index < -0.39 is 17.7 Å². The molecule has 21 heavy (non-hydrogen) atoms. The maximum absolute atomic E-state index is 12.7. The van der Waals surface area contributed by atoms with E-state index in [2.05, 4.69) is 0 Å². The molecule has 1 N–H and O–H groups in total. The largest absolute Gasteiger partial charge is 0.484 e. The predicted octanol–water partition coefficient (Wildman–Crippen LogP) is 0.679. The normalized spacial score (nSPS) is 10.5. The Morgan fingerprint density at radius 3 is 2.33 bits per heavy atom. The van der Waals surface area contributed by atoms with Crippen LogP contribution in [-0.2, 0) is 9.59 Å². The molecule has 1 aromatic rings. The van der Waals surface area contributed by atoms with Crippen molar-refractivity contribution in [3.05, 3.63) is 30.1 Å². The Hall–Kier alpha value is -2.15. The molecular weight excluding hydrogens is 279 g/mol. The molecule has 0 aliphatic heterocycles. The molecule has 0 aliphatic carbocycles. The van der Waals surface area contributed by atoms with E-state index >= 15 is 0 Å². The van der Waals surface area contributed by atoms with E-state index in [4.69, 9.17) is 9.84 Å². The Morgan fingerprint density at radius 1 is 1.19 bits per heavy atom. The van der Waals surface area contributed by atoms with Crippen LogP contribution in [0.1, 0.15) is 0 Å². The van der Waals surface area contributed by atoms with Gasteiger partial charge in [-0.05, 0) is 38.4 Å². The van der Waals surface area contributed by atoms with E-state index in [9.17, 15) is 14.0 Å². The third kappa shape index (κ3) is 6.71. The van der Waals surface area contributed by atoms with Crippen LogP contribution in [0.5, 0.6) is 5.75 Å². The highest BCUT2D eigenvalue weighted by molar-refractivity contribution is 5.82. The lowest BCUT2D eigenvalue weighted by atomic mass is 10.3. The Labute approximate surface area is 122 Å². The molecule has 0 fully saturated rings. The molecule has 1 aromatic carbocycles. The Morgan fingerprint density at radius 2 is 1.81 bits per heavy atom. The second-order valence-electron chi connectivity index (χ2n) is 4.75. The minimum atomic E-state index is -1.08. The van der Waals surface area contributed by atoms with Gasteiger partial charge in [0.25, 0.3) is 5.91 Å². The van der Waals surface area contributed by atoms with Crippen molar-refractivity contribution < 1.29 is 23.8 Å². The van der Waals surface area contributed by atoms with Gasteiger partial charge in [0.15, 0.2) is 6.61 Å². The van der Waals surface area contributed by atoms with Crippen molar-refractivity contribution in [2.75, 3.05) is 40.3 Å². The molecule has 0 unspecified atom stereocenters. The third-order valence-electron chi connectivity index (χ3n) is 2.67. The summed E-state index contributed by atoms with van der Waals surface area (Å²) in [5.74, 6) is -1.55. The van der Waals surface area contributed by atoms with Crippen LogP contribution in [0.2, 0.25) is 0 Å². The Bertz CT molecular complexity index is 476. The second kappa shape index (κ2) is 8.21. The van der Waals surface area contributed by atoms with E-state index in [1.807, 2.05) is 19.0 Å². The van der Waals surface area contributed by atoms with E-state index in [1.165, 1.54) is 29.2 Å². The van der Waals surface area contributed by atoms with Crippen molar-refractivity contribution in [1.29, 1.82) is 0 Å². The molecule has 0 heterocycles. The number of rotatable bonds is 8. The van der Waals surface area contributed by atoms with Crippen LogP contribution in [-0.4, -0.2) is 67.1 Å². The summed E-state index contributed by atoms with van der Waals surface area (Å²) in [5.41, 5.74) is 0. The molecule has 0 bridgehead atoms. The molecular formula is C14H19FN2O4. The Balaban J connectivity index is 2.54. The summed E-state index contributed by atoms with van der Waals surface area (Å²) in [7, 11) is 3.66. The maximum atomic E-state index is 12.7. The molecule has 0 spiro atoms. The first-order valence-corrected chi connectivity index (χ1v) is 6.41. The highest BCUT2D eigenvalue weighted by atomic mass is 19.1. The van der Waals surface area contributed by atoms with Crippen molar-refractivity contribution in [2.24, 2.45) is 0 Å². The number of hydrogen-bond acceptors (Lipinski definition) is 4. The van der Waals surface area contributed by atoms with Gasteiger partial charge in [-0.2, -0.15) is 0 Å². The van der Waals surface area contributed by atoms with Gasteiger partial charge < -0.3 is 19.6 Å². The summed E-state index contributed by atoms with van der Waals surface area (Å²) in [6.07, 6.45) is 0. The SMILES string of the molecule is CN(C)CCN(CC(=O)O)C(=O)COc1ccc(F)cc1. The zero-order valence-electron chi connectivity index (χ0n) is 12.1. The van der Waals surface area contributed by atoms with E-state index in [0.717, 1.165) is 0 Å². The van der Waals surface area contributed by atoms with Crippen molar-refractivity contribution in [3.8, 4) is 5.75 Å². The lowest BCUT2D eigenvalue weighted by molar-refractivity contribution is -0.145. The van der Waals surface area contributed by atoms with E-state index in [0.29, 0.717) is 18.8 Å². The number of aliphatic carboxylic acids is 1. The molecule has 7 heteroatoms. The number of likely N-dealkylation sites (N-methyl/N-ethyl adjacent to an activating group) is 1. The molecule has 1 rings (SSSR count). The van der Waals surface area contributed by atoms with Gasteiger partial charge in [0.1, 0.15) is 18.1 Å². The van der Waals surface area contributed by atoms with E-state index in [-0.39, 0.29) is 13.2 Å². The molecule has 0 aliphatic rings. The lowest BCUT2D eigenvalue weighted by Gasteiger charge is -2.22. The number of hydrogen-bond donors (Lipinski definition) is 1. The summed E-state index contributed by atoms with van der Waals surface area (Å²) < 4.78 is 18.0. The first kappa shape index (κ1) is 16.9.